The Kier molecular flexibility index (Phi) is 12.9. The van der Waals surface area contributed by atoms with Crippen molar-refractivity contribution in [3.8, 4) is 0 Å². The van der Waals surface area contributed by atoms with E-state index in [1.807, 2.05) is 45.9 Å². The summed E-state index contributed by atoms with van der Waals surface area (Å²) in [4.78, 5) is 11.4. The summed E-state index contributed by atoms with van der Waals surface area (Å²) in [6, 6.07) is 6.48. The minimum absolute atomic E-state index is 0.00168. The molecule has 2 N–H and O–H groups in total. The molecule has 0 radical (unpaired) electrons. The van der Waals surface area contributed by atoms with Crippen LogP contribution in [-0.4, -0.2) is 50.0 Å². The van der Waals surface area contributed by atoms with E-state index in [2.05, 4.69) is 10.8 Å². The second kappa shape index (κ2) is 15.4. The molecule has 1 aliphatic carbocycles. The first-order chi connectivity index (χ1) is 17.9. The molecule has 0 bridgehead atoms. The van der Waals surface area contributed by atoms with Gasteiger partial charge in [-0.25, -0.2) is 0 Å². The van der Waals surface area contributed by atoms with Crippen molar-refractivity contribution >= 4 is 16.1 Å². The molecule has 7 nitrogen and oxygen atoms in total. The summed E-state index contributed by atoms with van der Waals surface area (Å²) < 4.78 is 36.4. The van der Waals surface area contributed by atoms with Gasteiger partial charge in [0.05, 0.1) is 30.3 Å². The van der Waals surface area contributed by atoms with Gasteiger partial charge in [-0.15, -0.1) is 0 Å². The molecule has 0 aromatic heterocycles. The lowest BCUT2D eigenvalue weighted by Crippen LogP contribution is -2.25. The van der Waals surface area contributed by atoms with Crippen molar-refractivity contribution < 1.29 is 32.3 Å². The van der Waals surface area contributed by atoms with Crippen molar-refractivity contribution in [3.63, 3.8) is 0 Å². The summed E-state index contributed by atoms with van der Waals surface area (Å²) in [5.74, 6) is -0.937. The van der Waals surface area contributed by atoms with Crippen LogP contribution in [0.4, 0.5) is 0 Å². The van der Waals surface area contributed by atoms with Crippen molar-refractivity contribution in [2.24, 2.45) is 17.8 Å². The molecule has 0 amide bonds. The molecular formula is C30H44O7S. The maximum atomic E-state index is 13.0. The number of aryl methyl sites for hydroxylation is 1. The van der Waals surface area contributed by atoms with Crippen LogP contribution in [0.5, 0.6) is 0 Å². The fourth-order valence-corrected chi connectivity index (χ4v) is 5.67. The minimum atomic E-state index is -4.02. The van der Waals surface area contributed by atoms with E-state index in [1.165, 1.54) is 24.8 Å². The Morgan fingerprint density at radius 2 is 1.87 bits per heavy atom. The molecular weight excluding hydrogens is 504 g/mol. The van der Waals surface area contributed by atoms with Gasteiger partial charge >= 0.3 is 5.97 Å². The highest BCUT2D eigenvalue weighted by molar-refractivity contribution is 7.86. The Labute approximate surface area is 228 Å². The normalized spacial score (nSPS) is 23.6. The number of rotatable bonds is 14. The molecule has 0 aliphatic heterocycles. The number of aliphatic hydroxyl groups excluding tert-OH is 2. The van der Waals surface area contributed by atoms with Crippen LogP contribution in [0.15, 0.2) is 65.1 Å². The van der Waals surface area contributed by atoms with Crippen molar-refractivity contribution in [1.29, 1.82) is 0 Å². The highest BCUT2D eigenvalue weighted by Crippen LogP contribution is 2.40. The van der Waals surface area contributed by atoms with Crippen molar-refractivity contribution in [2.75, 3.05) is 7.11 Å². The number of ether oxygens (including phenoxy) is 1. The molecule has 1 unspecified atom stereocenters. The maximum absolute atomic E-state index is 13.0. The number of hydrogen-bond acceptors (Lipinski definition) is 7. The summed E-state index contributed by atoms with van der Waals surface area (Å²) in [6.07, 6.45) is 10.4. The van der Waals surface area contributed by atoms with E-state index in [0.717, 1.165) is 12.0 Å². The Morgan fingerprint density at radius 3 is 2.50 bits per heavy atom. The van der Waals surface area contributed by atoms with Crippen molar-refractivity contribution in [1.82, 2.24) is 0 Å². The molecule has 2 rings (SSSR count). The molecule has 1 aromatic carbocycles. The van der Waals surface area contributed by atoms with Gasteiger partial charge in [0, 0.05) is 18.8 Å². The molecule has 6 atom stereocenters. The number of methoxy groups -OCH3 is 1. The maximum Gasteiger partial charge on any atom is 0.305 e. The summed E-state index contributed by atoms with van der Waals surface area (Å²) in [5.41, 5.74) is 2.13. The largest absolute Gasteiger partial charge is 0.469 e. The molecule has 8 heteroatoms. The van der Waals surface area contributed by atoms with E-state index in [4.69, 9.17) is 4.18 Å². The smallest absolute Gasteiger partial charge is 0.305 e. The van der Waals surface area contributed by atoms with Crippen LogP contribution in [-0.2, 0) is 23.8 Å². The predicted molar refractivity (Wildman–Crippen MR) is 149 cm³/mol. The monoisotopic (exact) mass is 548 g/mol. The van der Waals surface area contributed by atoms with Gasteiger partial charge in [-0.05, 0) is 70.4 Å². The van der Waals surface area contributed by atoms with Crippen LogP contribution in [0.2, 0.25) is 0 Å². The number of unbranched alkanes of at least 4 members (excludes halogenated alkanes) is 1. The van der Waals surface area contributed by atoms with Crippen molar-refractivity contribution in [3.05, 3.63) is 65.8 Å². The fraction of sp³-hybridized carbons (Fsp3) is 0.567. The second-order valence-electron chi connectivity index (χ2n) is 10.5. The third-order valence-electron chi connectivity index (χ3n) is 7.02. The number of carbonyl (C=O) groups excluding carboxylic acids is 1. The van der Waals surface area contributed by atoms with E-state index in [-0.39, 0.29) is 35.0 Å². The van der Waals surface area contributed by atoms with Gasteiger partial charge in [0.15, 0.2) is 0 Å². The molecule has 0 saturated heterocycles. The minimum Gasteiger partial charge on any atom is -0.469 e. The van der Waals surface area contributed by atoms with Crippen LogP contribution in [0.3, 0.4) is 0 Å². The third-order valence-corrected chi connectivity index (χ3v) is 8.37. The molecule has 1 aliphatic rings. The van der Waals surface area contributed by atoms with Crippen LogP contribution in [0.1, 0.15) is 64.9 Å². The van der Waals surface area contributed by atoms with E-state index in [0.29, 0.717) is 25.7 Å². The zero-order valence-electron chi connectivity index (χ0n) is 23.2. The molecule has 1 aromatic rings. The van der Waals surface area contributed by atoms with E-state index < -0.39 is 28.4 Å². The molecule has 1 fully saturated rings. The highest BCUT2D eigenvalue weighted by Gasteiger charge is 2.43. The second-order valence-corrected chi connectivity index (χ2v) is 12.1. The van der Waals surface area contributed by atoms with Crippen LogP contribution >= 0.6 is 0 Å². The average molecular weight is 549 g/mol. The quantitative estimate of drug-likeness (QED) is 0.141. The third kappa shape index (κ3) is 10.1. The number of hydrogen-bond donors (Lipinski definition) is 2. The first kappa shape index (κ1) is 32.0. The summed E-state index contributed by atoms with van der Waals surface area (Å²) in [7, 11) is -2.66. The molecule has 0 heterocycles. The Bertz CT molecular complexity index is 1070. The zero-order chi connectivity index (χ0) is 28.3. The van der Waals surface area contributed by atoms with Gasteiger partial charge in [0.25, 0.3) is 10.1 Å². The number of esters is 1. The molecule has 212 valence electrons. The van der Waals surface area contributed by atoms with Gasteiger partial charge in [-0.3, -0.25) is 8.98 Å². The van der Waals surface area contributed by atoms with Gasteiger partial charge in [0.2, 0.25) is 0 Å². The van der Waals surface area contributed by atoms with E-state index >= 15 is 0 Å². The number of allylic oxidation sites excluding steroid dienone is 4. The van der Waals surface area contributed by atoms with Gasteiger partial charge in [-0.2, -0.15) is 8.42 Å². The standard InChI is InChI=1S/C30H44O7S/c1-21(2)12-15-23(4)27(31)19-18-25-26(10-8-6-7-9-11-30(33)36-5)29(20-28(25)32)37-38(34,35)24-16-13-22(3)14-17-24/h6,8,12-14,16-19,23,25-29,31-32H,7,9-11,15,20H2,1-5H3/b8-6-,19-18+/t23?,25-,26-,27+,28-,29-/m1/s1. The van der Waals surface area contributed by atoms with Gasteiger partial charge in [-0.1, -0.05) is 60.6 Å². The average Bonchev–Trinajstić information content (AvgIpc) is 3.15. The Balaban J connectivity index is 2.18. The Morgan fingerprint density at radius 1 is 1.18 bits per heavy atom. The molecule has 38 heavy (non-hydrogen) atoms. The van der Waals surface area contributed by atoms with Crippen molar-refractivity contribution in [2.45, 2.75) is 89.4 Å². The molecule has 0 spiro atoms. The highest BCUT2D eigenvalue weighted by atomic mass is 32.2. The van der Waals surface area contributed by atoms with Crippen LogP contribution in [0, 0.1) is 24.7 Å². The van der Waals surface area contributed by atoms with Gasteiger partial charge < -0.3 is 14.9 Å². The lowest BCUT2D eigenvalue weighted by molar-refractivity contribution is -0.140. The first-order valence-corrected chi connectivity index (χ1v) is 14.7. The van der Waals surface area contributed by atoms with Gasteiger partial charge in [0.1, 0.15) is 0 Å². The fourth-order valence-electron chi connectivity index (χ4n) is 4.55. The lowest BCUT2D eigenvalue weighted by atomic mass is 9.88. The summed E-state index contributed by atoms with van der Waals surface area (Å²) in [5, 5.41) is 21.5. The predicted octanol–water partition coefficient (Wildman–Crippen LogP) is 5.27. The summed E-state index contributed by atoms with van der Waals surface area (Å²) in [6.45, 7) is 7.88. The number of aliphatic hydroxyl groups is 2. The lowest BCUT2D eigenvalue weighted by Gasteiger charge is -2.23. The zero-order valence-corrected chi connectivity index (χ0v) is 24.1. The Hall–Kier alpha value is -2.26. The SMILES string of the molecule is COC(=O)CCC/C=C\C[C@@H]1[C@@H](/C=C/[C@H](O)C(C)CC=C(C)C)[C@H](O)C[C@H]1OS(=O)(=O)c1ccc(C)cc1. The molecule has 1 saturated carbocycles. The number of carbonyl (C=O) groups is 1. The van der Waals surface area contributed by atoms with E-state index in [1.54, 1.807) is 18.2 Å². The van der Waals surface area contributed by atoms with Crippen LogP contribution < -0.4 is 0 Å². The van der Waals surface area contributed by atoms with E-state index in [9.17, 15) is 23.4 Å². The topological polar surface area (TPSA) is 110 Å². The first-order valence-electron chi connectivity index (χ1n) is 13.3. The van der Waals surface area contributed by atoms with Crippen LogP contribution in [0.25, 0.3) is 0 Å². The number of benzene rings is 1. The summed E-state index contributed by atoms with van der Waals surface area (Å²) >= 11 is 0.